The first-order valence-electron chi connectivity index (χ1n) is 5.87. The van der Waals surface area contributed by atoms with Gasteiger partial charge in [-0.15, -0.1) is 0 Å². The van der Waals surface area contributed by atoms with Crippen LogP contribution in [0.2, 0.25) is 0 Å². The predicted molar refractivity (Wildman–Crippen MR) is 70.8 cm³/mol. The molecule has 0 saturated heterocycles. The van der Waals surface area contributed by atoms with Crippen LogP contribution in [0, 0.1) is 5.41 Å². The highest BCUT2D eigenvalue weighted by molar-refractivity contribution is 5.81. The van der Waals surface area contributed by atoms with E-state index in [2.05, 4.69) is 5.32 Å². The van der Waals surface area contributed by atoms with Crippen molar-refractivity contribution in [2.75, 3.05) is 14.2 Å². The summed E-state index contributed by atoms with van der Waals surface area (Å²) in [5.74, 6) is 1.49. The minimum Gasteiger partial charge on any atom is -0.497 e. The van der Waals surface area contributed by atoms with Crippen LogP contribution >= 0.6 is 0 Å². The maximum absolute atomic E-state index is 11.8. The minimum absolute atomic E-state index is 0.00683. The molecule has 0 aliphatic carbocycles. The first kappa shape index (κ1) is 14.4. The largest absolute Gasteiger partial charge is 0.497 e. The Kier molecular flexibility index (Phi) is 4.59. The summed E-state index contributed by atoms with van der Waals surface area (Å²) in [5.41, 5.74) is 0.501. The number of amides is 1. The fourth-order valence-electron chi connectivity index (χ4n) is 1.46. The van der Waals surface area contributed by atoms with Gasteiger partial charge in [-0.1, -0.05) is 20.8 Å². The van der Waals surface area contributed by atoms with Crippen LogP contribution in [0.5, 0.6) is 11.5 Å². The van der Waals surface area contributed by atoms with Crippen LogP contribution in [0.4, 0.5) is 0 Å². The van der Waals surface area contributed by atoms with Crippen molar-refractivity contribution in [2.24, 2.45) is 5.41 Å². The highest BCUT2D eigenvalue weighted by atomic mass is 16.5. The normalized spacial score (nSPS) is 10.9. The van der Waals surface area contributed by atoms with Crippen LogP contribution < -0.4 is 14.8 Å². The zero-order valence-electron chi connectivity index (χ0n) is 11.7. The molecule has 4 nitrogen and oxygen atoms in total. The molecule has 0 unspecified atom stereocenters. The maximum atomic E-state index is 11.8. The van der Waals surface area contributed by atoms with E-state index >= 15 is 0 Å². The Morgan fingerprint density at radius 3 is 2.39 bits per heavy atom. The smallest absolute Gasteiger partial charge is 0.225 e. The molecule has 0 fully saturated rings. The third kappa shape index (κ3) is 3.65. The molecule has 1 N–H and O–H groups in total. The SMILES string of the molecule is COc1ccc(OC)c(CNC(=O)C(C)(C)C)c1. The van der Waals surface area contributed by atoms with E-state index < -0.39 is 5.41 Å². The van der Waals surface area contributed by atoms with Crippen molar-refractivity contribution in [1.29, 1.82) is 0 Å². The molecule has 4 heteroatoms. The molecule has 18 heavy (non-hydrogen) atoms. The lowest BCUT2D eigenvalue weighted by Crippen LogP contribution is -2.34. The summed E-state index contributed by atoms with van der Waals surface area (Å²) in [5, 5.41) is 2.89. The van der Waals surface area contributed by atoms with Crippen LogP contribution in [-0.4, -0.2) is 20.1 Å². The number of ether oxygens (including phenoxy) is 2. The second-order valence-corrected chi connectivity index (χ2v) is 5.11. The van der Waals surface area contributed by atoms with Crippen molar-refractivity contribution in [3.63, 3.8) is 0 Å². The van der Waals surface area contributed by atoms with Gasteiger partial charge in [0.2, 0.25) is 5.91 Å². The topological polar surface area (TPSA) is 47.6 Å². The van der Waals surface area contributed by atoms with Gasteiger partial charge in [-0.2, -0.15) is 0 Å². The van der Waals surface area contributed by atoms with Crippen molar-refractivity contribution in [3.05, 3.63) is 23.8 Å². The summed E-state index contributed by atoms with van der Waals surface area (Å²) < 4.78 is 10.4. The summed E-state index contributed by atoms with van der Waals surface area (Å²) in [7, 11) is 3.22. The average molecular weight is 251 g/mol. The molecule has 0 heterocycles. The second-order valence-electron chi connectivity index (χ2n) is 5.11. The first-order chi connectivity index (χ1) is 8.38. The number of hydrogen-bond acceptors (Lipinski definition) is 3. The quantitative estimate of drug-likeness (QED) is 0.893. The molecule has 0 bridgehead atoms. The molecule has 0 aromatic heterocycles. The Bertz CT molecular complexity index is 422. The highest BCUT2D eigenvalue weighted by Crippen LogP contribution is 2.24. The number of methoxy groups -OCH3 is 2. The fraction of sp³-hybridized carbons (Fsp3) is 0.500. The van der Waals surface area contributed by atoms with E-state index in [4.69, 9.17) is 9.47 Å². The monoisotopic (exact) mass is 251 g/mol. The van der Waals surface area contributed by atoms with Gasteiger partial charge < -0.3 is 14.8 Å². The summed E-state index contributed by atoms with van der Waals surface area (Å²) in [6, 6.07) is 5.52. The number of benzene rings is 1. The van der Waals surface area contributed by atoms with Crippen LogP contribution in [0.25, 0.3) is 0 Å². The van der Waals surface area contributed by atoms with Crippen LogP contribution in [0.3, 0.4) is 0 Å². The third-order valence-electron chi connectivity index (χ3n) is 2.61. The molecule has 100 valence electrons. The predicted octanol–water partition coefficient (Wildman–Crippen LogP) is 2.37. The van der Waals surface area contributed by atoms with Crippen LogP contribution in [0.1, 0.15) is 26.3 Å². The van der Waals surface area contributed by atoms with E-state index in [1.807, 2.05) is 39.0 Å². The number of carbonyl (C=O) groups excluding carboxylic acids is 1. The molecular weight excluding hydrogens is 230 g/mol. The Hall–Kier alpha value is -1.71. The lowest BCUT2D eigenvalue weighted by Gasteiger charge is -2.18. The summed E-state index contributed by atoms with van der Waals surface area (Å²) >= 11 is 0. The summed E-state index contributed by atoms with van der Waals surface area (Å²) in [6.45, 7) is 6.07. The van der Waals surface area contributed by atoms with Crippen molar-refractivity contribution < 1.29 is 14.3 Å². The van der Waals surface area contributed by atoms with E-state index in [0.717, 1.165) is 17.1 Å². The molecular formula is C14H21NO3. The Morgan fingerprint density at radius 2 is 1.89 bits per heavy atom. The van der Waals surface area contributed by atoms with Crippen molar-refractivity contribution >= 4 is 5.91 Å². The van der Waals surface area contributed by atoms with Gasteiger partial charge in [0.05, 0.1) is 14.2 Å². The third-order valence-corrected chi connectivity index (χ3v) is 2.61. The highest BCUT2D eigenvalue weighted by Gasteiger charge is 2.21. The van der Waals surface area contributed by atoms with Gasteiger partial charge in [-0.25, -0.2) is 0 Å². The fourth-order valence-corrected chi connectivity index (χ4v) is 1.46. The molecule has 1 aromatic rings. The van der Waals surface area contributed by atoms with E-state index in [-0.39, 0.29) is 5.91 Å². The molecule has 0 aliphatic rings. The molecule has 1 amide bonds. The van der Waals surface area contributed by atoms with Crippen molar-refractivity contribution in [2.45, 2.75) is 27.3 Å². The van der Waals surface area contributed by atoms with Gasteiger partial charge in [0.25, 0.3) is 0 Å². The Labute approximate surface area is 108 Å². The summed E-state index contributed by atoms with van der Waals surface area (Å²) in [4.78, 5) is 11.8. The van der Waals surface area contributed by atoms with Crippen LogP contribution in [-0.2, 0) is 11.3 Å². The van der Waals surface area contributed by atoms with Gasteiger partial charge in [-0.3, -0.25) is 4.79 Å². The van der Waals surface area contributed by atoms with Crippen molar-refractivity contribution in [1.82, 2.24) is 5.32 Å². The molecule has 1 rings (SSSR count). The van der Waals surface area contributed by atoms with E-state index in [1.54, 1.807) is 14.2 Å². The molecule has 0 radical (unpaired) electrons. The van der Waals surface area contributed by atoms with E-state index in [1.165, 1.54) is 0 Å². The maximum Gasteiger partial charge on any atom is 0.225 e. The van der Waals surface area contributed by atoms with Crippen LogP contribution in [0.15, 0.2) is 18.2 Å². The Morgan fingerprint density at radius 1 is 1.22 bits per heavy atom. The lowest BCUT2D eigenvalue weighted by molar-refractivity contribution is -0.128. The Balaban J connectivity index is 2.80. The molecule has 0 spiro atoms. The number of hydrogen-bond donors (Lipinski definition) is 1. The van der Waals surface area contributed by atoms with E-state index in [9.17, 15) is 4.79 Å². The lowest BCUT2D eigenvalue weighted by atomic mass is 9.95. The standard InChI is InChI=1S/C14H21NO3/c1-14(2,3)13(16)15-9-10-8-11(17-4)6-7-12(10)18-5/h6-8H,9H2,1-5H3,(H,15,16). The van der Waals surface area contributed by atoms with Gasteiger partial charge in [-0.05, 0) is 18.2 Å². The van der Waals surface area contributed by atoms with Gasteiger partial charge >= 0.3 is 0 Å². The van der Waals surface area contributed by atoms with Crippen molar-refractivity contribution in [3.8, 4) is 11.5 Å². The van der Waals surface area contributed by atoms with Gasteiger partial charge in [0.15, 0.2) is 0 Å². The average Bonchev–Trinajstić information content (AvgIpc) is 2.34. The first-order valence-corrected chi connectivity index (χ1v) is 5.87. The number of carbonyl (C=O) groups is 1. The second kappa shape index (κ2) is 5.76. The molecule has 1 aromatic carbocycles. The molecule has 0 aliphatic heterocycles. The van der Waals surface area contributed by atoms with Gasteiger partial charge in [0.1, 0.15) is 11.5 Å². The van der Waals surface area contributed by atoms with Gasteiger partial charge in [0, 0.05) is 17.5 Å². The molecule has 0 atom stereocenters. The zero-order chi connectivity index (χ0) is 13.8. The van der Waals surface area contributed by atoms with E-state index in [0.29, 0.717) is 6.54 Å². The zero-order valence-corrected chi connectivity index (χ0v) is 11.7. The minimum atomic E-state index is -0.397. The number of nitrogens with one attached hydrogen (secondary N) is 1. The molecule has 0 saturated carbocycles. The number of rotatable bonds is 4. The summed E-state index contributed by atoms with van der Waals surface area (Å²) in [6.07, 6.45) is 0.